The predicted octanol–water partition coefficient (Wildman–Crippen LogP) is 3.89. The topological polar surface area (TPSA) is 50.4 Å². The number of carboxylic acid groups (broad SMARTS) is 1. The molecule has 1 heterocycles. The molecule has 0 aliphatic rings. The average molecular weight is 248 g/mol. The number of carbonyl (C=O) groups is 1. The van der Waals surface area contributed by atoms with Crippen LogP contribution in [0.15, 0.2) is 40.0 Å². The molecule has 1 N–H and O–H groups in total. The van der Waals surface area contributed by atoms with Crippen molar-refractivity contribution >= 4 is 5.97 Å². The van der Waals surface area contributed by atoms with E-state index >= 15 is 0 Å². The first kappa shape index (κ1) is 14.3. The van der Waals surface area contributed by atoms with Crippen molar-refractivity contribution in [3.63, 3.8) is 0 Å². The highest BCUT2D eigenvalue weighted by Crippen LogP contribution is 2.13. The number of furan rings is 1. The minimum Gasteiger partial charge on any atom is -0.478 e. The number of hydrogen-bond donors (Lipinski definition) is 1. The average Bonchev–Trinajstić information content (AvgIpc) is 2.62. The fourth-order valence-corrected chi connectivity index (χ4v) is 1.76. The summed E-state index contributed by atoms with van der Waals surface area (Å²) in [5.74, 6) is 0.0957. The number of aliphatic carboxylic acids is 1. The van der Waals surface area contributed by atoms with E-state index < -0.39 is 5.97 Å². The summed E-state index contributed by atoms with van der Waals surface area (Å²) in [6.07, 6.45) is 7.61. The van der Waals surface area contributed by atoms with Gasteiger partial charge in [0.05, 0.1) is 6.26 Å². The van der Waals surface area contributed by atoms with E-state index in [0.29, 0.717) is 0 Å². The minimum atomic E-state index is -0.876. The van der Waals surface area contributed by atoms with E-state index in [1.807, 2.05) is 19.9 Å². The summed E-state index contributed by atoms with van der Waals surface area (Å²) in [7, 11) is 0. The van der Waals surface area contributed by atoms with Crippen LogP contribution >= 0.6 is 0 Å². The lowest BCUT2D eigenvalue weighted by Gasteiger charge is -2.00. The lowest BCUT2D eigenvalue weighted by molar-refractivity contribution is -0.131. The Balaban J connectivity index is 2.40. The zero-order chi connectivity index (χ0) is 13.5. The second-order valence-corrected chi connectivity index (χ2v) is 4.69. The minimum absolute atomic E-state index is 0.779. The van der Waals surface area contributed by atoms with Gasteiger partial charge in [-0.2, -0.15) is 0 Å². The molecular weight excluding hydrogens is 228 g/mol. The lowest BCUT2D eigenvalue weighted by Crippen LogP contribution is -1.90. The molecule has 0 radical (unpaired) electrons. The van der Waals surface area contributed by atoms with Crippen LogP contribution in [-0.2, 0) is 11.2 Å². The predicted molar refractivity (Wildman–Crippen MR) is 71.5 cm³/mol. The molecule has 0 aromatic carbocycles. The summed E-state index contributed by atoms with van der Waals surface area (Å²) in [6.45, 7) is 5.91. The molecule has 0 unspecified atom stereocenters. The first-order valence-electron chi connectivity index (χ1n) is 6.07. The maximum Gasteiger partial charge on any atom is 0.328 e. The van der Waals surface area contributed by atoms with Gasteiger partial charge in [0.15, 0.2) is 0 Å². The number of hydrogen-bond acceptors (Lipinski definition) is 2. The largest absolute Gasteiger partial charge is 0.478 e. The zero-order valence-corrected chi connectivity index (χ0v) is 11.2. The molecule has 3 nitrogen and oxygen atoms in total. The monoisotopic (exact) mass is 248 g/mol. The summed E-state index contributed by atoms with van der Waals surface area (Å²) in [4.78, 5) is 10.4. The first-order valence-corrected chi connectivity index (χ1v) is 6.07. The van der Waals surface area contributed by atoms with Crippen molar-refractivity contribution in [3.8, 4) is 0 Å². The molecule has 0 aliphatic carbocycles. The quantitative estimate of drug-likeness (QED) is 0.613. The maximum absolute atomic E-state index is 10.4. The Labute approximate surface area is 108 Å². The first-order chi connectivity index (χ1) is 8.47. The van der Waals surface area contributed by atoms with Gasteiger partial charge in [-0.25, -0.2) is 4.79 Å². The molecule has 0 spiro atoms. The van der Waals surface area contributed by atoms with Gasteiger partial charge in [0.1, 0.15) is 5.76 Å². The molecular formula is C15H20O3. The van der Waals surface area contributed by atoms with E-state index in [1.54, 1.807) is 6.26 Å². The molecule has 0 saturated heterocycles. The number of aryl methyl sites for hydroxylation is 1. The molecule has 1 rings (SSSR count). The van der Waals surface area contributed by atoms with Crippen molar-refractivity contribution in [2.75, 3.05) is 0 Å². The Morgan fingerprint density at radius 3 is 2.67 bits per heavy atom. The highest BCUT2D eigenvalue weighted by molar-refractivity contribution is 5.80. The second-order valence-electron chi connectivity index (χ2n) is 4.69. The zero-order valence-electron chi connectivity index (χ0n) is 11.2. The van der Waals surface area contributed by atoms with Crippen LogP contribution in [-0.4, -0.2) is 11.1 Å². The molecule has 0 fully saturated rings. The smallest absolute Gasteiger partial charge is 0.328 e. The number of carboxylic acids is 1. The molecule has 0 saturated carbocycles. The molecule has 3 heteroatoms. The fourth-order valence-electron chi connectivity index (χ4n) is 1.76. The second kappa shape index (κ2) is 6.84. The fraction of sp³-hybridized carbons (Fsp3) is 0.400. The van der Waals surface area contributed by atoms with Crippen molar-refractivity contribution < 1.29 is 14.3 Å². The van der Waals surface area contributed by atoms with Gasteiger partial charge in [-0.05, 0) is 45.2 Å². The van der Waals surface area contributed by atoms with Crippen LogP contribution in [0.4, 0.5) is 0 Å². The van der Waals surface area contributed by atoms with E-state index in [2.05, 4.69) is 13.0 Å². The van der Waals surface area contributed by atoms with E-state index in [9.17, 15) is 4.79 Å². The molecule has 0 aliphatic heterocycles. The third-order valence-electron chi connectivity index (χ3n) is 2.64. The lowest BCUT2D eigenvalue weighted by atomic mass is 10.1. The van der Waals surface area contributed by atoms with Gasteiger partial charge in [-0.1, -0.05) is 17.2 Å². The Morgan fingerprint density at radius 1 is 1.39 bits per heavy atom. The number of allylic oxidation sites excluding steroid dienone is 3. The highest BCUT2D eigenvalue weighted by atomic mass is 16.4. The molecule has 1 aromatic rings. The Hall–Kier alpha value is -1.77. The Kier molecular flexibility index (Phi) is 5.43. The SMILES string of the molecule is C/C(=C\C(=O)O)CC/C=C(\C)Cc1cc(C)co1. The van der Waals surface area contributed by atoms with Crippen LogP contribution < -0.4 is 0 Å². The highest BCUT2D eigenvalue weighted by Gasteiger charge is 2.00. The van der Waals surface area contributed by atoms with Gasteiger partial charge >= 0.3 is 5.97 Å². The third kappa shape index (κ3) is 5.53. The molecule has 0 amide bonds. The van der Waals surface area contributed by atoms with Crippen molar-refractivity contribution in [2.24, 2.45) is 0 Å². The van der Waals surface area contributed by atoms with Gasteiger partial charge < -0.3 is 9.52 Å². The van der Waals surface area contributed by atoms with Crippen LogP contribution in [0.3, 0.4) is 0 Å². The summed E-state index contributed by atoms with van der Waals surface area (Å²) >= 11 is 0. The Bertz CT molecular complexity index is 464. The molecule has 98 valence electrons. The summed E-state index contributed by atoms with van der Waals surface area (Å²) < 4.78 is 5.39. The summed E-state index contributed by atoms with van der Waals surface area (Å²) in [6, 6.07) is 2.03. The van der Waals surface area contributed by atoms with Crippen molar-refractivity contribution in [1.29, 1.82) is 0 Å². The van der Waals surface area contributed by atoms with Gasteiger partial charge in [-0.3, -0.25) is 0 Å². The van der Waals surface area contributed by atoms with Crippen molar-refractivity contribution in [3.05, 3.63) is 47.0 Å². The van der Waals surface area contributed by atoms with Gasteiger partial charge in [0.2, 0.25) is 0 Å². The van der Waals surface area contributed by atoms with Crippen molar-refractivity contribution in [2.45, 2.75) is 40.0 Å². The van der Waals surface area contributed by atoms with E-state index in [-0.39, 0.29) is 0 Å². The summed E-state index contributed by atoms with van der Waals surface area (Å²) in [5, 5.41) is 8.59. The molecule has 0 bridgehead atoms. The third-order valence-corrected chi connectivity index (χ3v) is 2.64. The maximum atomic E-state index is 10.4. The van der Waals surface area contributed by atoms with Crippen molar-refractivity contribution in [1.82, 2.24) is 0 Å². The molecule has 1 aromatic heterocycles. The number of rotatable bonds is 6. The van der Waals surface area contributed by atoms with Crippen LogP contribution in [0.25, 0.3) is 0 Å². The normalized spacial score (nSPS) is 12.8. The molecule has 0 atom stereocenters. The van der Waals surface area contributed by atoms with Gasteiger partial charge in [-0.15, -0.1) is 0 Å². The van der Waals surface area contributed by atoms with Gasteiger partial charge in [0.25, 0.3) is 0 Å². The van der Waals surface area contributed by atoms with Crippen LogP contribution in [0.2, 0.25) is 0 Å². The van der Waals surface area contributed by atoms with Crippen LogP contribution in [0.1, 0.15) is 38.0 Å². The van der Waals surface area contributed by atoms with Crippen LogP contribution in [0.5, 0.6) is 0 Å². The van der Waals surface area contributed by atoms with E-state index in [0.717, 1.165) is 36.2 Å². The standard InChI is InChI=1S/C15H20O3/c1-11(7-14-8-13(3)10-18-14)5-4-6-12(2)9-15(16)17/h5,8-10H,4,6-7H2,1-3H3,(H,16,17)/b11-5+,12-9+. The van der Waals surface area contributed by atoms with Gasteiger partial charge in [0, 0.05) is 12.5 Å². The van der Waals surface area contributed by atoms with E-state index in [1.165, 1.54) is 11.6 Å². The van der Waals surface area contributed by atoms with E-state index in [4.69, 9.17) is 9.52 Å². The molecule has 18 heavy (non-hydrogen) atoms. The van der Waals surface area contributed by atoms with Crippen LogP contribution in [0, 0.1) is 6.92 Å². The summed E-state index contributed by atoms with van der Waals surface area (Å²) in [5.41, 5.74) is 3.27. The Morgan fingerprint density at radius 2 is 2.11 bits per heavy atom.